The molecule has 0 unspecified atom stereocenters. The van der Waals surface area contributed by atoms with E-state index in [0.717, 1.165) is 25.7 Å². The van der Waals surface area contributed by atoms with Gasteiger partial charge in [-0.3, -0.25) is 4.79 Å². The highest BCUT2D eigenvalue weighted by molar-refractivity contribution is 6.04. The molecule has 1 N–H and O–H groups in total. The van der Waals surface area contributed by atoms with Gasteiger partial charge in [0, 0.05) is 12.1 Å². The van der Waals surface area contributed by atoms with Crippen LogP contribution in [0.3, 0.4) is 0 Å². The predicted octanol–water partition coefficient (Wildman–Crippen LogP) is 4.67. The molecule has 0 aliphatic carbocycles. The second-order valence-corrected chi connectivity index (χ2v) is 6.25. The van der Waals surface area contributed by atoms with Crippen LogP contribution in [-0.2, 0) is 14.3 Å². The van der Waals surface area contributed by atoms with Gasteiger partial charge in [0.25, 0.3) is 0 Å². The van der Waals surface area contributed by atoms with Crippen molar-refractivity contribution in [1.82, 2.24) is 0 Å². The quantitative estimate of drug-likeness (QED) is 0.302. The highest BCUT2D eigenvalue weighted by atomic mass is 16.5. The summed E-state index contributed by atoms with van der Waals surface area (Å²) in [5.74, 6) is -1.50. The fourth-order valence-electron chi connectivity index (χ4n) is 2.51. The molecule has 0 aliphatic heterocycles. The average Bonchev–Trinajstić information content (AvgIpc) is 2.69. The van der Waals surface area contributed by atoms with Crippen molar-refractivity contribution in [3.8, 4) is 0 Å². The maximum absolute atomic E-state index is 12.3. The summed E-state index contributed by atoms with van der Waals surface area (Å²) in [4.78, 5) is 36.6. The molecule has 1 amide bonds. The Hall–Kier alpha value is -2.89. The van der Waals surface area contributed by atoms with Gasteiger partial charge in [-0.05, 0) is 24.6 Å². The second-order valence-electron chi connectivity index (χ2n) is 6.25. The Labute approximate surface area is 166 Å². The molecule has 0 aliphatic rings. The van der Waals surface area contributed by atoms with E-state index < -0.39 is 11.9 Å². The minimum Gasteiger partial charge on any atom is -0.458 e. The Morgan fingerprint density at radius 2 is 1.54 bits per heavy atom. The molecule has 1 rings (SSSR count). The number of anilines is 1. The number of hydrogen-bond donors (Lipinski definition) is 1. The minimum absolute atomic E-state index is 0.00826. The van der Waals surface area contributed by atoms with Crippen molar-refractivity contribution in [2.75, 3.05) is 18.5 Å². The largest absolute Gasteiger partial charge is 0.458 e. The Balaban J connectivity index is 2.85. The van der Waals surface area contributed by atoms with Crippen molar-refractivity contribution in [3.05, 3.63) is 54.6 Å². The number of carbonyl (C=O) groups excluding carboxylic acids is 3. The SMILES string of the molecule is C=CCOC(=O)c1ccc(NC(=O)CCCCCCC)cc1C(=O)OCC=C. The van der Waals surface area contributed by atoms with E-state index >= 15 is 0 Å². The first-order valence-corrected chi connectivity index (χ1v) is 9.53. The summed E-state index contributed by atoms with van der Waals surface area (Å²) in [6.07, 6.45) is 8.52. The van der Waals surface area contributed by atoms with E-state index in [4.69, 9.17) is 9.47 Å². The van der Waals surface area contributed by atoms with Gasteiger partial charge in [-0.1, -0.05) is 57.9 Å². The number of unbranched alkanes of at least 4 members (excludes halogenated alkanes) is 4. The lowest BCUT2D eigenvalue weighted by atomic mass is 10.1. The number of esters is 2. The van der Waals surface area contributed by atoms with E-state index in [1.165, 1.54) is 30.7 Å². The molecule has 0 radical (unpaired) electrons. The number of amides is 1. The Morgan fingerprint density at radius 1 is 0.929 bits per heavy atom. The zero-order valence-corrected chi connectivity index (χ0v) is 16.5. The van der Waals surface area contributed by atoms with Crippen LogP contribution in [0.15, 0.2) is 43.5 Å². The molecule has 0 fully saturated rings. The molecule has 0 atom stereocenters. The molecule has 0 heterocycles. The first-order chi connectivity index (χ1) is 13.5. The summed E-state index contributed by atoms with van der Waals surface area (Å²) in [6, 6.07) is 4.42. The van der Waals surface area contributed by atoms with Crippen molar-refractivity contribution in [2.45, 2.75) is 45.4 Å². The van der Waals surface area contributed by atoms with E-state index in [9.17, 15) is 14.4 Å². The van der Waals surface area contributed by atoms with Gasteiger partial charge < -0.3 is 14.8 Å². The summed E-state index contributed by atoms with van der Waals surface area (Å²) >= 11 is 0. The molecule has 1 aromatic rings. The number of benzene rings is 1. The van der Waals surface area contributed by atoms with Crippen molar-refractivity contribution in [1.29, 1.82) is 0 Å². The molecule has 0 aromatic heterocycles. The monoisotopic (exact) mass is 387 g/mol. The number of nitrogens with one attached hydrogen (secondary N) is 1. The number of ether oxygens (including phenoxy) is 2. The van der Waals surface area contributed by atoms with Gasteiger partial charge in [0.1, 0.15) is 13.2 Å². The minimum atomic E-state index is -0.693. The van der Waals surface area contributed by atoms with Gasteiger partial charge in [-0.25, -0.2) is 9.59 Å². The van der Waals surface area contributed by atoms with Crippen LogP contribution in [-0.4, -0.2) is 31.1 Å². The van der Waals surface area contributed by atoms with E-state index in [1.807, 2.05) is 0 Å². The summed E-state index contributed by atoms with van der Waals surface area (Å²) in [5.41, 5.74) is 0.509. The summed E-state index contributed by atoms with van der Waals surface area (Å²) < 4.78 is 10.0. The van der Waals surface area contributed by atoms with Crippen molar-refractivity contribution in [2.24, 2.45) is 0 Å². The number of hydrogen-bond acceptors (Lipinski definition) is 5. The van der Waals surface area contributed by atoms with Crippen molar-refractivity contribution < 1.29 is 23.9 Å². The molecule has 1 aromatic carbocycles. The van der Waals surface area contributed by atoms with Crippen molar-refractivity contribution >= 4 is 23.5 Å². The molecule has 0 bridgehead atoms. The Kier molecular flexibility index (Phi) is 11.0. The third kappa shape index (κ3) is 8.20. The highest BCUT2D eigenvalue weighted by Gasteiger charge is 2.20. The zero-order chi connectivity index (χ0) is 20.8. The van der Waals surface area contributed by atoms with Crippen LogP contribution in [0.4, 0.5) is 5.69 Å². The van der Waals surface area contributed by atoms with Crippen LogP contribution in [0, 0.1) is 0 Å². The fourth-order valence-corrected chi connectivity index (χ4v) is 2.51. The van der Waals surface area contributed by atoms with Gasteiger partial charge >= 0.3 is 11.9 Å². The normalized spacial score (nSPS) is 10.0. The van der Waals surface area contributed by atoms with Gasteiger partial charge in [-0.2, -0.15) is 0 Å². The Bertz CT molecular complexity index is 696. The fraction of sp³-hybridized carbons (Fsp3) is 0.409. The molecule has 0 saturated heterocycles. The highest BCUT2D eigenvalue weighted by Crippen LogP contribution is 2.19. The van der Waals surface area contributed by atoms with Crippen LogP contribution in [0.2, 0.25) is 0 Å². The maximum Gasteiger partial charge on any atom is 0.339 e. The third-order valence-electron chi connectivity index (χ3n) is 3.92. The van der Waals surface area contributed by atoms with Crippen LogP contribution < -0.4 is 5.32 Å². The molecule has 0 saturated carbocycles. The Morgan fingerprint density at radius 3 is 2.14 bits per heavy atom. The van der Waals surface area contributed by atoms with Gasteiger partial charge in [0.15, 0.2) is 0 Å². The van der Waals surface area contributed by atoms with E-state index in [1.54, 1.807) is 6.07 Å². The average molecular weight is 387 g/mol. The standard InChI is InChI=1S/C22H29NO5/c1-4-7-8-9-10-11-20(24)23-17-12-13-18(21(25)27-14-5-2)19(16-17)22(26)28-15-6-3/h5-6,12-13,16H,2-4,7-11,14-15H2,1H3,(H,23,24). The first-order valence-electron chi connectivity index (χ1n) is 9.53. The van der Waals surface area contributed by atoms with Crippen LogP contribution in [0.1, 0.15) is 66.2 Å². The molecule has 6 nitrogen and oxygen atoms in total. The number of rotatable bonds is 13. The van der Waals surface area contributed by atoms with Gasteiger partial charge in [0.2, 0.25) is 5.91 Å². The molecule has 28 heavy (non-hydrogen) atoms. The predicted molar refractivity (Wildman–Crippen MR) is 109 cm³/mol. The molecule has 0 spiro atoms. The van der Waals surface area contributed by atoms with Crippen LogP contribution >= 0.6 is 0 Å². The van der Waals surface area contributed by atoms with E-state index in [0.29, 0.717) is 12.1 Å². The number of carbonyl (C=O) groups is 3. The van der Waals surface area contributed by atoms with Crippen molar-refractivity contribution in [3.63, 3.8) is 0 Å². The molecule has 152 valence electrons. The lowest BCUT2D eigenvalue weighted by Gasteiger charge is -2.11. The van der Waals surface area contributed by atoms with Crippen LogP contribution in [0.25, 0.3) is 0 Å². The molecular formula is C22H29NO5. The zero-order valence-electron chi connectivity index (χ0n) is 16.5. The summed E-state index contributed by atoms with van der Waals surface area (Å²) in [6.45, 7) is 9.15. The van der Waals surface area contributed by atoms with Gasteiger partial charge in [-0.15, -0.1) is 0 Å². The summed E-state index contributed by atoms with van der Waals surface area (Å²) in [5, 5.41) is 2.76. The molecular weight excluding hydrogens is 358 g/mol. The third-order valence-corrected chi connectivity index (χ3v) is 3.92. The first kappa shape index (κ1) is 23.1. The maximum atomic E-state index is 12.3. The van der Waals surface area contributed by atoms with E-state index in [2.05, 4.69) is 25.4 Å². The van der Waals surface area contributed by atoms with Crippen LogP contribution in [0.5, 0.6) is 0 Å². The lowest BCUT2D eigenvalue weighted by Crippen LogP contribution is -2.16. The lowest BCUT2D eigenvalue weighted by molar-refractivity contribution is -0.116. The molecule has 6 heteroatoms. The summed E-state index contributed by atoms with van der Waals surface area (Å²) in [7, 11) is 0. The van der Waals surface area contributed by atoms with Gasteiger partial charge in [0.05, 0.1) is 11.1 Å². The topological polar surface area (TPSA) is 81.7 Å². The smallest absolute Gasteiger partial charge is 0.339 e. The second kappa shape index (κ2) is 13.3. The van der Waals surface area contributed by atoms with E-state index in [-0.39, 0.29) is 30.2 Å².